The van der Waals surface area contributed by atoms with Crippen LogP contribution in [0.25, 0.3) is 17.0 Å². The van der Waals surface area contributed by atoms with E-state index >= 15 is 0 Å². The molecular weight excluding hydrogens is 418 g/mol. The van der Waals surface area contributed by atoms with E-state index in [4.69, 9.17) is 11.6 Å². The number of nitrogens with zero attached hydrogens (tertiary/aromatic N) is 2. The van der Waals surface area contributed by atoms with Gasteiger partial charge >= 0.3 is 0 Å². The first-order chi connectivity index (χ1) is 15.5. The molecule has 0 fully saturated rings. The number of rotatable bonds is 5. The molecule has 0 aliphatic rings. The number of fused-ring (bicyclic) bond motifs is 1. The highest BCUT2D eigenvalue weighted by Gasteiger charge is 2.16. The number of aromatic nitrogens is 1. The summed E-state index contributed by atoms with van der Waals surface area (Å²) >= 11 is 6.03. The molecule has 4 rings (SSSR count). The summed E-state index contributed by atoms with van der Waals surface area (Å²) in [5, 5.41) is 14.2. The van der Waals surface area contributed by atoms with Gasteiger partial charge in [0.2, 0.25) is 0 Å². The topological polar surface area (TPSA) is 57.8 Å². The van der Waals surface area contributed by atoms with Gasteiger partial charge in [0.1, 0.15) is 11.6 Å². The van der Waals surface area contributed by atoms with Crippen LogP contribution >= 0.6 is 11.6 Å². The molecule has 0 unspecified atom stereocenters. The van der Waals surface area contributed by atoms with Crippen molar-refractivity contribution in [3.63, 3.8) is 0 Å². The smallest absolute Gasteiger partial charge is 0.266 e. The van der Waals surface area contributed by atoms with E-state index in [1.54, 1.807) is 6.08 Å². The van der Waals surface area contributed by atoms with Crippen molar-refractivity contribution in [1.29, 1.82) is 5.26 Å². The fraction of sp³-hybridized carbons (Fsp3) is 0.111. The number of amides is 1. The Morgan fingerprint density at radius 3 is 2.41 bits per heavy atom. The molecule has 32 heavy (non-hydrogen) atoms. The average molecular weight is 440 g/mol. The number of para-hydroxylation sites is 1. The summed E-state index contributed by atoms with van der Waals surface area (Å²) < 4.78 is 2.19. The van der Waals surface area contributed by atoms with E-state index in [1.807, 2.05) is 86.6 Å². The largest absolute Gasteiger partial charge is 0.340 e. The highest BCUT2D eigenvalue weighted by molar-refractivity contribution is 6.30. The molecule has 158 valence electrons. The molecule has 1 amide bonds. The van der Waals surface area contributed by atoms with E-state index in [1.165, 1.54) is 0 Å². The standard InChI is InChI=1S/C27H22ClN3O/c1-18-7-13-23(14-8-18)30-27(32)21(16-29)15-25-19(2)31(26-6-4-3-5-24(25)26)17-20-9-11-22(28)12-10-20/h3-15H,17H2,1-2H3,(H,30,32)/b21-15-. The van der Waals surface area contributed by atoms with Gasteiger partial charge in [-0.2, -0.15) is 5.26 Å². The van der Waals surface area contributed by atoms with Crippen LogP contribution < -0.4 is 5.32 Å². The molecule has 0 saturated heterocycles. The fourth-order valence-electron chi connectivity index (χ4n) is 3.74. The minimum atomic E-state index is -0.426. The quantitative estimate of drug-likeness (QED) is 0.285. The summed E-state index contributed by atoms with van der Waals surface area (Å²) in [4.78, 5) is 12.8. The molecule has 4 aromatic rings. The lowest BCUT2D eigenvalue weighted by atomic mass is 10.1. The van der Waals surface area contributed by atoms with Gasteiger partial charge < -0.3 is 9.88 Å². The van der Waals surface area contributed by atoms with Crippen molar-refractivity contribution < 1.29 is 4.79 Å². The molecule has 1 aromatic heterocycles. The van der Waals surface area contributed by atoms with E-state index in [0.29, 0.717) is 17.3 Å². The van der Waals surface area contributed by atoms with Crippen molar-refractivity contribution in [2.24, 2.45) is 0 Å². The summed E-state index contributed by atoms with van der Waals surface area (Å²) in [6.45, 7) is 4.65. The van der Waals surface area contributed by atoms with E-state index < -0.39 is 5.91 Å². The summed E-state index contributed by atoms with van der Waals surface area (Å²) in [5.74, 6) is -0.426. The molecular formula is C27H22ClN3O. The van der Waals surface area contributed by atoms with Gasteiger partial charge in [-0.25, -0.2) is 0 Å². The molecule has 0 saturated carbocycles. The van der Waals surface area contributed by atoms with Crippen molar-refractivity contribution in [2.45, 2.75) is 20.4 Å². The highest BCUT2D eigenvalue weighted by atomic mass is 35.5. The Hall–Kier alpha value is -3.81. The van der Waals surface area contributed by atoms with Crippen LogP contribution in [0.5, 0.6) is 0 Å². The van der Waals surface area contributed by atoms with Gasteiger partial charge in [-0.15, -0.1) is 0 Å². The number of benzene rings is 3. The van der Waals surface area contributed by atoms with Crippen LogP contribution in [0.3, 0.4) is 0 Å². The van der Waals surface area contributed by atoms with Crippen molar-refractivity contribution in [3.05, 3.63) is 106 Å². The monoisotopic (exact) mass is 439 g/mol. The van der Waals surface area contributed by atoms with Gasteiger partial charge in [0.25, 0.3) is 5.91 Å². The van der Waals surface area contributed by atoms with E-state index in [9.17, 15) is 10.1 Å². The summed E-state index contributed by atoms with van der Waals surface area (Å²) in [6.07, 6.45) is 1.68. The van der Waals surface area contributed by atoms with Gasteiger partial charge in [-0.3, -0.25) is 4.79 Å². The number of aryl methyl sites for hydroxylation is 1. The van der Waals surface area contributed by atoms with Gasteiger partial charge in [0.05, 0.1) is 0 Å². The second kappa shape index (κ2) is 9.13. The molecule has 0 bridgehead atoms. The van der Waals surface area contributed by atoms with E-state index in [0.717, 1.165) is 33.3 Å². The molecule has 1 heterocycles. The van der Waals surface area contributed by atoms with Crippen molar-refractivity contribution in [3.8, 4) is 6.07 Å². The molecule has 0 atom stereocenters. The molecule has 5 heteroatoms. The maximum atomic E-state index is 12.8. The number of hydrogen-bond donors (Lipinski definition) is 1. The van der Waals surface area contributed by atoms with Crippen LogP contribution in [0.15, 0.2) is 78.4 Å². The predicted molar refractivity (Wildman–Crippen MR) is 131 cm³/mol. The second-order valence-corrected chi connectivity index (χ2v) is 8.16. The Labute approximate surface area is 192 Å². The third-order valence-corrected chi connectivity index (χ3v) is 5.75. The Morgan fingerprint density at radius 2 is 1.72 bits per heavy atom. The molecule has 0 aliphatic carbocycles. The summed E-state index contributed by atoms with van der Waals surface area (Å²) in [5.41, 5.74) is 5.82. The van der Waals surface area contributed by atoms with Crippen LogP contribution in [0.2, 0.25) is 5.02 Å². The summed E-state index contributed by atoms with van der Waals surface area (Å²) in [6, 6.07) is 25.3. The zero-order valence-electron chi connectivity index (χ0n) is 17.9. The maximum Gasteiger partial charge on any atom is 0.266 e. The summed E-state index contributed by atoms with van der Waals surface area (Å²) in [7, 11) is 0. The van der Waals surface area contributed by atoms with Gasteiger partial charge in [-0.05, 0) is 55.8 Å². The first kappa shape index (κ1) is 21.4. The number of nitrogens with one attached hydrogen (secondary N) is 1. The van der Waals surface area contributed by atoms with Gasteiger partial charge in [0.15, 0.2) is 0 Å². The van der Waals surface area contributed by atoms with Gasteiger partial charge in [-0.1, -0.05) is 59.6 Å². The Morgan fingerprint density at radius 1 is 1.03 bits per heavy atom. The van der Waals surface area contributed by atoms with Crippen LogP contribution in [-0.4, -0.2) is 10.5 Å². The molecule has 0 spiro atoms. The van der Waals surface area contributed by atoms with E-state index in [2.05, 4.69) is 16.0 Å². The SMILES string of the molecule is Cc1ccc(NC(=O)/C(C#N)=C\c2c(C)n(Cc3ccc(Cl)cc3)c3ccccc23)cc1. The maximum absolute atomic E-state index is 12.8. The van der Waals surface area contributed by atoms with Crippen LogP contribution in [0, 0.1) is 25.2 Å². The third kappa shape index (κ3) is 4.44. The Balaban J connectivity index is 1.72. The molecule has 4 nitrogen and oxygen atoms in total. The number of carbonyl (C=O) groups excluding carboxylic acids is 1. The van der Waals surface area contributed by atoms with E-state index in [-0.39, 0.29) is 5.57 Å². The Kier molecular flexibility index (Phi) is 6.11. The first-order valence-electron chi connectivity index (χ1n) is 10.3. The first-order valence-corrected chi connectivity index (χ1v) is 10.7. The normalized spacial score (nSPS) is 11.4. The number of hydrogen-bond acceptors (Lipinski definition) is 2. The predicted octanol–water partition coefficient (Wildman–Crippen LogP) is 6.51. The minimum absolute atomic E-state index is 0.0584. The highest BCUT2D eigenvalue weighted by Crippen LogP contribution is 2.29. The van der Waals surface area contributed by atoms with Gasteiger partial charge in [0, 0.05) is 39.4 Å². The van der Waals surface area contributed by atoms with Crippen LogP contribution in [0.4, 0.5) is 5.69 Å². The number of anilines is 1. The van der Waals surface area contributed by atoms with Crippen molar-refractivity contribution in [1.82, 2.24) is 4.57 Å². The lowest BCUT2D eigenvalue weighted by molar-refractivity contribution is -0.112. The molecule has 1 N–H and O–H groups in total. The second-order valence-electron chi connectivity index (χ2n) is 7.72. The minimum Gasteiger partial charge on any atom is -0.340 e. The number of nitriles is 1. The molecule has 3 aromatic carbocycles. The number of halogens is 1. The third-order valence-electron chi connectivity index (χ3n) is 5.50. The lowest BCUT2D eigenvalue weighted by Gasteiger charge is -2.09. The van der Waals surface area contributed by atoms with Crippen molar-refractivity contribution >= 4 is 40.2 Å². The fourth-order valence-corrected chi connectivity index (χ4v) is 3.87. The lowest BCUT2D eigenvalue weighted by Crippen LogP contribution is -2.13. The molecule has 0 aliphatic heterocycles. The Bertz CT molecular complexity index is 1360. The zero-order chi connectivity index (χ0) is 22.7. The van der Waals surface area contributed by atoms with Crippen molar-refractivity contribution in [2.75, 3.05) is 5.32 Å². The molecule has 0 radical (unpaired) electrons. The zero-order valence-corrected chi connectivity index (χ0v) is 18.6. The number of carbonyl (C=O) groups is 1. The average Bonchev–Trinajstić information content (AvgIpc) is 3.06. The van der Waals surface area contributed by atoms with Crippen LogP contribution in [0.1, 0.15) is 22.4 Å². The van der Waals surface area contributed by atoms with Crippen LogP contribution in [-0.2, 0) is 11.3 Å².